The van der Waals surface area contributed by atoms with Crippen molar-refractivity contribution in [3.8, 4) is 0 Å². The number of amides is 4. The summed E-state index contributed by atoms with van der Waals surface area (Å²) in [6.07, 6.45) is 0.190. The molecule has 4 amide bonds. The maximum absolute atomic E-state index is 14.4. The highest BCUT2D eigenvalue weighted by Crippen LogP contribution is 2.27. The summed E-state index contributed by atoms with van der Waals surface area (Å²) in [6.45, 7) is 7.54. The van der Waals surface area contributed by atoms with Crippen molar-refractivity contribution < 1.29 is 29.4 Å². The van der Waals surface area contributed by atoms with Gasteiger partial charge in [0, 0.05) is 12.3 Å². The molecule has 4 aromatic rings. The molecule has 0 saturated carbocycles. The van der Waals surface area contributed by atoms with E-state index in [9.17, 15) is 29.4 Å². The predicted octanol–water partition coefficient (Wildman–Crippen LogP) is 4.95. The Morgan fingerprint density at radius 2 is 1.26 bits per heavy atom. The third kappa shape index (κ3) is 11.9. The SMILES string of the molecule is CC[C@H](C)[C@@H](CO)NC(=O)C[C@H](O)[C@H](CC(C)C)NC(=O)[C@H](CCC(N)=O)NC(=O)C(Cc1cccc2ccccc12)Cc1cccc2ccccc12. The van der Waals surface area contributed by atoms with Crippen molar-refractivity contribution in [1.82, 2.24) is 16.0 Å². The number of hydrogen-bond donors (Lipinski definition) is 6. The van der Waals surface area contributed by atoms with Crippen LogP contribution in [0.1, 0.15) is 70.9 Å². The molecule has 10 heteroatoms. The van der Waals surface area contributed by atoms with Gasteiger partial charge in [-0.3, -0.25) is 19.2 Å². The number of aliphatic hydroxyl groups excluding tert-OH is 2. The van der Waals surface area contributed by atoms with Crippen LogP contribution >= 0.6 is 0 Å². The molecule has 284 valence electrons. The van der Waals surface area contributed by atoms with E-state index in [1.54, 1.807) is 0 Å². The second-order valence-electron chi connectivity index (χ2n) is 14.7. The molecule has 0 aliphatic heterocycles. The Morgan fingerprint density at radius 1 is 0.717 bits per heavy atom. The zero-order chi connectivity index (χ0) is 38.5. The lowest BCUT2D eigenvalue weighted by Crippen LogP contribution is -2.54. The zero-order valence-corrected chi connectivity index (χ0v) is 31.4. The lowest BCUT2D eigenvalue weighted by Gasteiger charge is -2.29. The number of fused-ring (bicyclic) bond motifs is 2. The van der Waals surface area contributed by atoms with Crippen molar-refractivity contribution in [3.63, 3.8) is 0 Å². The average molecular weight is 725 g/mol. The molecule has 0 heterocycles. The van der Waals surface area contributed by atoms with Crippen molar-refractivity contribution >= 4 is 45.2 Å². The number of primary amides is 1. The molecule has 4 rings (SSSR count). The molecular formula is C43H56N4O6. The van der Waals surface area contributed by atoms with E-state index >= 15 is 0 Å². The van der Waals surface area contributed by atoms with Crippen molar-refractivity contribution in [1.29, 1.82) is 0 Å². The maximum atomic E-state index is 14.4. The van der Waals surface area contributed by atoms with Gasteiger partial charge < -0.3 is 31.9 Å². The summed E-state index contributed by atoms with van der Waals surface area (Å²) >= 11 is 0. The summed E-state index contributed by atoms with van der Waals surface area (Å²) in [5.41, 5.74) is 7.50. The van der Waals surface area contributed by atoms with Gasteiger partial charge in [-0.1, -0.05) is 119 Å². The van der Waals surface area contributed by atoms with Gasteiger partial charge in [0.25, 0.3) is 0 Å². The quantitative estimate of drug-likeness (QED) is 0.0754. The van der Waals surface area contributed by atoms with Crippen molar-refractivity contribution in [2.45, 2.75) is 96.9 Å². The number of benzene rings is 4. The third-order valence-corrected chi connectivity index (χ3v) is 10.2. The molecule has 10 nitrogen and oxygen atoms in total. The van der Waals surface area contributed by atoms with Gasteiger partial charge in [0.2, 0.25) is 23.6 Å². The van der Waals surface area contributed by atoms with E-state index in [-0.39, 0.29) is 43.6 Å². The fourth-order valence-corrected chi connectivity index (χ4v) is 6.93. The molecule has 0 aliphatic carbocycles. The summed E-state index contributed by atoms with van der Waals surface area (Å²) in [5.74, 6) is -2.48. The molecule has 0 spiro atoms. The van der Waals surface area contributed by atoms with E-state index in [0.717, 1.165) is 39.1 Å². The smallest absolute Gasteiger partial charge is 0.242 e. The number of aliphatic hydroxyl groups is 2. The van der Waals surface area contributed by atoms with Crippen molar-refractivity contribution in [2.24, 2.45) is 23.5 Å². The normalized spacial score (nSPS) is 14.4. The highest BCUT2D eigenvalue weighted by atomic mass is 16.3. The first-order valence-electron chi connectivity index (χ1n) is 18.8. The zero-order valence-electron chi connectivity index (χ0n) is 31.4. The Balaban J connectivity index is 1.60. The fourth-order valence-electron chi connectivity index (χ4n) is 6.93. The fraction of sp³-hybridized carbons (Fsp3) is 0.442. The molecule has 7 N–H and O–H groups in total. The summed E-state index contributed by atoms with van der Waals surface area (Å²) in [6, 6.07) is 25.7. The van der Waals surface area contributed by atoms with Crippen LogP contribution in [0, 0.1) is 17.8 Å². The lowest BCUT2D eigenvalue weighted by atomic mass is 9.87. The largest absolute Gasteiger partial charge is 0.394 e. The van der Waals surface area contributed by atoms with Crippen LogP contribution in [0.2, 0.25) is 0 Å². The number of hydrogen-bond acceptors (Lipinski definition) is 6. The number of nitrogens with two attached hydrogens (primary N) is 1. The summed E-state index contributed by atoms with van der Waals surface area (Å²) < 4.78 is 0. The van der Waals surface area contributed by atoms with Crippen LogP contribution in [-0.4, -0.2) is 64.7 Å². The van der Waals surface area contributed by atoms with E-state index in [1.165, 1.54) is 0 Å². The van der Waals surface area contributed by atoms with Gasteiger partial charge in [0.05, 0.1) is 31.2 Å². The minimum Gasteiger partial charge on any atom is -0.394 e. The molecular weight excluding hydrogens is 668 g/mol. The van der Waals surface area contributed by atoms with Crippen LogP contribution in [0.15, 0.2) is 84.9 Å². The van der Waals surface area contributed by atoms with Crippen LogP contribution in [0.5, 0.6) is 0 Å². The molecule has 0 radical (unpaired) electrons. The highest BCUT2D eigenvalue weighted by molar-refractivity contribution is 5.92. The van der Waals surface area contributed by atoms with E-state index in [1.807, 2.05) is 113 Å². The summed E-state index contributed by atoms with van der Waals surface area (Å²) in [7, 11) is 0. The Morgan fingerprint density at radius 3 is 1.77 bits per heavy atom. The molecule has 0 fully saturated rings. The highest BCUT2D eigenvalue weighted by Gasteiger charge is 2.31. The molecule has 0 unspecified atom stereocenters. The molecule has 5 atom stereocenters. The van der Waals surface area contributed by atoms with Crippen LogP contribution in [0.4, 0.5) is 0 Å². The summed E-state index contributed by atoms with van der Waals surface area (Å²) in [5, 5.41) is 33.8. The van der Waals surface area contributed by atoms with Crippen molar-refractivity contribution in [2.75, 3.05) is 6.61 Å². The Hall–Kier alpha value is -4.80. The molecule has 0 bridgehead atoms. The summed E-state index contributed by atoms with van der Waals surface area (Å²) in [4.78, 5) is 53.2. The first kappa shape index (κ1) is 41.0. The first-order chi connectivity index (χ1) is 25.4. The van der Waals surface area contributed by atoms with E-state index in [4.69, 9.17) is 5.73 Å². The van der Waals surface area contributed by atoms with Gasteiger partial charge in [0.15, 0.2) is 0 Å². The van der Waals surface area contributed by atoms with Crippen molar-refractivity contribution in [3.05, 3.63) is 96.1 Å². The standard InChI is InChI=1S/C43H56N4O6/c1-5-28(4)38(26-48)45-41(51)25-39(49)37(22-27(2)3)47-43(53)36(20-21-40(44)50)46-42(52)33(23-31-16-10-14-29-12-6-8-18-34(29)31)24-32-17-11-15-30-13-7-9-19-35(30)32/h6-19,27-28,33,36-39,48-49H,5,20-26H2,1-4H3,(H2,44,50)(H,45,51)(H,46,52)(H,47,53)/t28-,36-,37-,38+,39-/m0/s1. The van der Waals surface area contributed by atoms with E-state index in [0.29, 0.717) is 19.3 Å². The topological polar surface area (TPSA) is 171 Å². The van der Waals surface area contributed by atoms with Crippen LogP contribution in [0.25, 0.3) is 21.5 Å². The van der Waals surface area contributed by atoms with Gasteiger partial charge in [-0.15, -0.1) is 0 Å². The number of carbonyl (C=O) groups is 4. The minimum absolute atomic E-state index is 0.0342. The number of rotatable bonds is 20. The van der Waals surface area contributed by atoms with Gasteiger partial charge in [-0.25, -0.2) is 0 Å². The van der Waals surface area contributed by atoms with Gasteiger partial charge in [0.1, 0.15) is 6.04 Å². The molecule has 0 aromatic heterocycles. The minimum atomic E-state index is -1.24. The van der Waals surface area contributed by atoms with E-state index in [2.05, 4.69) is 16.0 Å². The molecule has 0 saturated heterocycles. The molecule has 4 aromatic carbocycles. The molecule has 0 aliphatic rings. The first-order valence-corrected chi connectivity index (χ1v) is 18.8. The number of carbonyl (C=O) groups excluding carboxylic acids is 4. The van der Waals surface area contributed by atoms with E-state index < -0.39 is 47.9 Å². The predicted molar refractivity (Wildman–Crippen MR) is 210 cm³/mol. The lowest BCUT2D eigenvalue weighted by molar-refractivity contribution is -0.133. The third-order valence-electron chi connectivity index (χ3n) is 10.2. The van der Waals surface area contributed by atoms with Crippen LogP contribution in [-0.2, 0) is 32.0 Å². The van der Waals surface area contributed by atoms with Crippen LogP contribution in [0.3, 0.4) is 0 Å². The Labute approximate surface area is 312 Å². The number of nitrogens with one attached hydrogen (secondary N) is 3. The molecule has 53 heavy (non-hydrogen) atoms. The average Bonchev–Trinajstić information content (AvgIpc) is 3.14. The maximum Gasteiger partial charge on any atom is 0.242 e. The second kappa shape index (κ2) is 19.9. The van der Waals surface area contributed by atoms with Crippen LogP contribution < -0.4 is 21.7 Å². The Kier molecular flexibility index (Phi) is 15.4. The monoisotopic (exact) mass is 724 g/mol. The second-order valence-corrected chi connectivity index (χ2v) is 14.7. The van der Waals surface area contributed by atoms with Gasteiger partial charge >= 0.3 is 0 Å². The van der Waals surface area contributed by atoms with Gasteiger partial charge in [-0.05, 0) is 70.2 Å². The Bertz CT molecular complexity index is 1750. The van der Waals surface area contributed by atoms with Gasteiger partial charge in [-0.2, -0.15) is 0 Å².